The maximum atomic E-state index is 11.8. The molecule has 138 valence electrons. The van der Waals surface area contributed by atoms with Crippen LogP contribution in [0.3, 0.4) is 0 Å². The van der Waals surface area contributed by atoms with E-state index in [0.29, 0.717) is 36.4 Å². The Kier molecular flexibility index (Phi) is 6.92. The monoisotopic (exact) mass is 359 g/mol. The van der Waals surface area contributed by atoms with Crippen LogP contribution < -0.4 is 10.1 Å². The van der Waals surface area contributed by atoms with Gasteiger partial charge in [-0.2, -0.15) is 0 Å². The van der Waals surface area contributed by atoms with E-state index in [1.165, 1.54) is 20.2 Å². The molecule has 0 saturated heterocycles. The molecule has 0 unspecified atom stereocenters. The topological polar surface area (TPSA) is 93.9 Å². The Morgan fingerprint density at radius 3 is 2.73 bits per heavy atom. The molecule has 0 bridgehead atoms. The number of urea groups is 1. The number of nitrogens with zero attached hydrogens (tertiary/aromatic N) is 2. The summed E-state index contributed by atoms with van der Waals surface area (Å²) >= 11 is 0. The van der Waals surface area contributed by atoms with Gasteiger partial charge in [0, 0.05) is 30.4 Å². The van der Waals surface area contributed by atoms with Crippen LogP contribution in [0.1, 0.15) is 12.0 Å². The zero-order chi connectivity index (χ0) is 18.9. The fourth-order valence-corrected chi connectivity index (χ4v) is 2.30. The standard InChI is InChI=1S/C18H21N3O5/c1-20(25-2)18(22)19-15-9-5-10-16(13-15)26-12-6-8-14-7-3-4-11-17(14)21(23)24/h3-5,7,9-11,13H,6,8,12H2,1-2H3,(H,19,22). The Hall–Kier alpha value is -3.13. The number of nitro benzene ring substituents is 1. The van der Waals surface area contributed by atoms with Crippen molar-refractivity contribution in [3.05, 3.63) is 64.2 Å². The number of anilines is 1. The minimum absolute atomic E-state index is 0.125. The summed E-state index contributed by atoms with van der Waals surface area (Å²) in [5, 5.41) is 14.7. The average molecular weight is 359 g/mol. The summed E-state index contributed by atoms with van der Waals surface area (Å²) in [5.74, 6) is 0.602. The summed E-state index contributed by atoms with van der Waals surface area (Å²) < 4.78 is 5.67. The number of carbonyl (C=O) groups is 1. The first-order valence-corrected chi connectivity index (χ1v) is 8.05. The number of hydrogen-bond acceptors (Lipinski definition) is 5. The molecule has 0 aliphatic rings. The second-order valence-electron chi connectivity index (χ2n) is 5.48. The van der Waals surface area contributed by atoms with Crippen molar-refractivity contribution in [2.24, 2.45) is 0 Å². The van der Waals surface area contributed by atoms with Crippen molar-refractivity contribution >= 4 is 17.4 Å². The first kappa shape index (κ1) is 19.2. The van der Waals surface area contributed by atoms with Crippen LogP contribution in [0.15, 0.2) is 48.5 Å². The third kappa shape index (κ3) is 5.45. The van der Waals surface area contributed by atoms with Crippen LogP contribution in [0.4, 0.5) is 16.2 Å². The van der Waals surface area contributed by atoms with Crippen LogP contribution in [0.2, 0.25) is 0 Å². The zero-order valence-corrected chi connectivity index (χ0v) is 14.7. The summed E-state index contributed by atoms with van der Waals surface area (Å²) in [6, 6.07) is 13.3. The Morgan fingerprint density at radius 1 is 1.23 bits per heavy atom. The molecule has 0 spiro atoms. The van der Waals surface area contributed by atoms with Crippen molar-refractivity contribution in [1.29, 1.82) is 0 Å². The van der Waals surface area contributed by atoms with E-state index in [1.54, 1.807) is 42.5 Å². The SMILES string of the molecule is CON(C)C(=O)Nc1cccc(OCCCc2ccccc2[N+](=O)[O-])c1. The maximum absolute atomic E-state index is 11.8. The lowest BCUT2D eigenvalue weighted by molar-refractivity contribution is -0.385. The van der Waals surface area contributed by atoms with Crippen LogP contribution in [0.25, 0.3) is 0 Å². The average Bonchev–Trinajstić information content (AvgIpc) is 2.65. The van der Waals surface area contributed by atoms with Crippen LogP contribution in [-0.2, 0) is 11.3 Å². The molecule has 1 N–H and O–H groups in total. The number of hydrogen-bond donors (Lipinski definition) is 1. The molecule has 26 heavy (non-hydrogen) atoms. The highest BCUT2D eigenvalue weighted by atomic mass is 16.7. The summed E-state index contributed by atoms with van der Waals surface area (Å²) in [6.45, 7) is 0.404. The molecule has 2 rings (SSSR count). The molecule has 0 fully saturated rings. The van der Waals surface area contributed by atoms with Gasteiger partial charge in [-0.05, 0) is 25.0 Å². The molecule has 8 heteroatoms. The third-order valence-corrected chi connectivity index (χ3v) is 3.69. The predicted molar refractivity (Wildman–Crippen MR) is 97.1 cm³/mol. The van der Waals surface area contributed by atoms with Gasteiger partial charge >= 0.3 is 6.03 Å². The van der Waals surface area contributed by atoms with Gasteiger partial charge in [-0.3, -0.25) is 15.0 Å². The van der Waals surface area contributed by atoms with Crippen LogP contribution in [-0.4, -0.2) is 36.8 Å². The fraction of sp³-hybridized carbons (Fsp3) is 0.278. The number of carbonyl (C=O) groups excluding carboxylic acids is 1. The molecular formula is C18H21N3O5. The second kappa shape index (κ2) is 9.38. The van der Waals surface area contributed by atoms with Gasteiger partial charge in [0.25, 0.3) is 5.69 Å². The van der Waals surface area contributed by atoms with E-state index in [2.05, 4.69) is 5.32 Å². The lowest BCUT2D eigenvalue weighted by Crippen LogP contribution is -2.30. The lowest BCUT2D eigenvalue weighted by Gasteiger charge is -2.15. The molecule has 0 radical (unpaired) electrons. The van der Waals surface area contributed by atoms with E-state index in [1.807, 2.05) is 0 Å². The molecule has 2 aromatic carbocycles. The van der Waals surface area contributed by atoms with Crippen LogP contribution in [0, 0.1) is 10.1 Å². The van der Waals surface area contributed by atoms with Gasteiger partial charge in [0.1, 0.15) is 5.75 Å². The molecule has 0 atom stereocenters. The Balaban J connectivity index is 1.86. The van der Waals surface area contributed by atoms with Crippen molar-refractivity contribution in [2.75, 3.05) is 26.1 Å². The minimum atomic E-state index is -0.402. The number of ether oxygens (including phenoxy) is 1. The van der Waals surface area contributed by atoms with Gasteiger partial charge in [-0.25, -0.2) is 9.86 Å². The molecule has 0 heterocycles. The highest BCUT2D eigenvalue weighted by Crippen LogP contribution is 2.20. The number of rotatable bonds is 8. The minimum Gasteiger partial charge on any atom is -0.494 e. The Labute approximate surface area is 151 Å². The van der Waals surface area contributed by atoms with Gasteiger partial charge in [-0.1, -0.05) is 24.3 Å². The van der Waals surface area contributed by atoms with Crippen molar-refractivity contribution < 1.29 is 19.3 Å². The largest absolute Gasteiger partial charge is 0.494 e. The molecule has 8 nitrogen and oxygen atoms in total. The predicted octanol–water partition coefficient (Wildman–Crippen LogP) is 3.63. The van der Waals surface area contributed by atoms with Crippen molar-refractivity contribution in [3.8, 4) is 5.75 Å². The zero-order valence-electron chi connectivity index (χ0n) is 14.7. The van der Waals surface area contributed by atoms with E-state index in [4.69, 9.17) is 9.57 Å². The van der Waals surface area contributed by atoms with Gasteiger partial charge in [-0.15, -0.1) is 0 Å². The summed E-state index contributed by atoms with van der Waals surface area (Å²) in [6.07, 6.45) is 1.18. The highest BCUT2D eigenvalue weighted by Gasteiger charge is 2.12. The van der Waals surface area contributed by atoms with Gasteiger partial charge in [0.2, 0.25) is 0 Å². The number of amides is 2. The molecule has 0 aromatic heterocycles. The molecular weight excluding hydrogens is 338 g/mol. The van der Waals surface area contributed by atoms with E-state index in [-0.39, 0.29) is 10.6 Å². The van der Waals surface area contributed by atoms with E-state index < -0.39 is 6.03 Å². The normalized spacial score (nSPS) is 10.2. The van der Waals surface area contributed by atoms with Crippen molar-refractivity contribution in [1.82, 2.24) is 5.06 Å². The second-order valence-corrected chi connectivity index (χ2v) is 5.48. The van der Waals surface area contributed by atoms with Gasteiger partial charge < -0.3 is 10.1 Å². The lowest BCUT2D eigenvalue weighted by atomic mass is 10.1. The molecule has 0 saturated carbocycles. The summed E-state index contributed by atoms with van der Waals surface area (Å²) in [7, 11) is 2.90. The van der Waals surface area contributed by atoms with Crippen molar-refractivity contribution in [2.45, 2.75) is 12.8 Å². The number of para-hydroxylation sites is 1. The van der Waals surface area contributed by atoms with E-state index >= 15 is 0 Å². The number of nitro groups is 1. The third-order valence-electron chi connectivity index (χ3n) is 3.69. The summed E-state index contributed by atoms with van der Waals surface area (Å²) in [4.78, 5) is 27.2. The summed E-state index contributed by atoms with van der Waals surface area (Å²) in [5.41, 5.74) is 1.39. The first-order valence-electron chi connectivity index (χ1n) is 8.05. The molecule has 0 aliphatic carbocycles. The van der Waals surface area contributed by atoms with Gasteiger partial charge in [0.05, 0.1) is 18.6 Å². The Morgan fingerprint density at radius 2 is 2.00 bits per heavy atom. The number of nitrogens with one attached hydrogen (secondary N) is 1. The van der Waals surface area contributed by atoms with E-state index in [9.17, 15) is 14.9 Å². The van der Waals surface area contributed by atoms with E-state index in [0.717, 1.165) is 5.06 Å². The maximum Gasteiger partial charge on any atom is 0.345 e. The Bertz CT molecular complexity index is 766. The fourth-order valence-electron chi connectivity index (χ4n) is 2.30. The first-order chi connectivity index (χ1) is 12.5. The van der Waals surface area contributed by atoms with Crippen LogP contribution >= 0.6 is 0 Å². The van der Waals surface area contributed by atoms with Crippen LogP contribution in [0.5, 0.6) is 5.75 Å². The number of hydroxylamine groups is 2. The van der Waals surface area contributed by atoms with Crippen molar-refractivity contribution in [3.63, 3.8) is 0 Å². The number of aryl methyl sites for hydroxylation is 1. The smallest absolute Gasteiger partial charge is 0.345 e. The quantitative estimate of drug-likeness (QED) is 0.441. The highest BCUT2D eigenvalue weighted by molar-refractivity contribution is 5.88. The number of benzene rings is 2. The molecule has 2 aromatic rings. The molecule has 2 amide bonds. The molecule has 0 aliphatic heterocycles. The van der Waals surface area contributed by atoms with Gasteiger partial charge in [0.15, 0.2) is 0 Å².